The summed E-state index contributed by atoms with van der Waals surface area (Å²) in [7, 11) is 0. The van der Waals surface area contributed by atoms with E-state index in [9.17, 15) is 4.79 Å². The minimum atomic E-state index is -0.0936. The second-order valence-corrected chi connectivity index (χ2v) is 8.31. The molecule has 148 valence electrons. The number of aromatic nitrogens is 5. The molecule has 1 aliphatic rings. The van der Waals surface area contributed by atoms with Crippen molar-refractivity contribution in [1.29, 1.82) is 0 Å². The Balaban J connectivity index is 1.60. The van der Waals surface area contributed by atoms with E-state index < -0.39 is 0 Å². The molecule has 0 unspecified atom stereocenters. The highest BCUT2D eigenvalue weighted by Crippen LogP contribution is 2.31. The second kappa shape index (κ2) is 7.10. The van der Waals surface area contributed by atoms with Crippen LogP contribution in [-0.4, -0.2) is 24.1 Å². The van der Waals surface area contributed by atoms with Gasteiger partial charge in [-0.2, -0.15) is 9.50 Å². The van der Waals surface area contributed by atoms with Crippen LogP contribution in [0.2, 0.25) is 0 Å². The lowest BCUT2D eigenvalue weighted by Gasteiger charge is -2.17. The smallest absolute Gasteiger partial charge is 0.266 e. The van der Waals surface area contributed by atoms with Gasteiger partial charge in [0.1, 0.15) is 0 Å². The lowest BCUT2D eigenvalue weighted by molar-refractivity contribution is 0.429. The molecule has 0 bridgehead atoms. The molecular formula is C23H25N5O. The monoisotopic (exact) mass is 387 g/mol. The molecule has 5 rings (SSSR count). The number of benzene rings is 1. The molecule has 1 aromatic carbocycles. The molecule has 1 fully saturated rings. The maximum atomic E-state index is 13.2. The summed E-state index contributed by atoms with van der Waals surface area (Å²) in [5, 5.41) is 5.28. The predicted molar refractivity (Wildman–Crippen MR) is 114 cm³/mol. The standard InChI is InChI=1S/C23H25N5O/c1-15(2)16-8-10-18(11-9-16)27-13-12-20-19(22(27)29)14-24-23-25-21(26-28(20)23)17-6-4-3-5-7-17/h8-15,17H,3-7H2,1-2H3. The molecule has 1 saturated carbocycles. The molecule has 0 saturated heterocycles. The van der Waals surface area contributed by atoms with Gasteiger partial charge in [0.15, 0.2) is 5.82 Å². The van der Waals surface area contributed by atoms with Crippen molar-refractivity contribution < 1.29 is 0 Å². The molecule has 3 heterocycles. The maximum Gasteiger partial charge on any atom is 0.266 e. The molecule has 0 aliphatic heterocycles. The van der Waals surface area contributed by atoms with E-state index >= 15 is 0 Å². The second-order valence-electron chi connectivity index (χ2n) is 8.31. The molecule has 0 atom stereocenters. The Morgan fingerprint density at radius 3 is 2.52 bits per heavy atom. The first-order valence-electron chi connectivity index (χ1n) is 10.5. The van der Waals surface area contributed by atoms with E-state index in [0.29, 0.717) is 23.0 Å². The Morgan fingerprint density at radius 2 is 1.79 bits per heavy atom. The van der Waals surface area contributed by atoms with Crippen LogP contribution in [0.5, 0.6) is 0 Å². The summed E-state index contributed by atoms with van der Waals surface area (Å²) in [4.78, 5) is 22.2. The molecule has 3 aromatic heterocycles. The third kappa shape index (κ3) is 3.12. The maximum absolute atomic E-state index is 13.2. The van der Waals surface area contributed by atoms with Crippen molar-refractivity contribution in [2.24, 2.45) is 0 Å². The number of hydrogen-bond donors (Lipinski definition) is 0. The third-order valence-electron chi connectivity index (χ3n) is 6.06. The van der Waals surface area contributed by atoms with Crippen LogP contribution in [0.1, 0.15) is 69.2 Å². The number of hydrogen-bond acceptors (Lipinski definition) is 4. The summed E-state index contributed by atoms with van der Waals surface area (Å²) in [5.41, 5.74) is 2.76. The lowest BCUT2D eigenvalue weighted by atomic mass is 9.89. The quantitative estimate of drug-likeness (QED) is 0.515. The van der Waals surface area contributed by atoms with E-state index in [1.165, 1.54) is 24.8 Å². The number of fused-ring (bicyclic) bond motifs is 3. The van der Waals surface area contributed by atoms with E-state index in [0.717, 1.165) is 29.9 Å². The average Bonchev–Trinajstić information content (AvgIpc) is 3.20. The van der Waals surface area contributed by atoms with Gasteiger partial charge in [-0.05, 0) is 42.5 Å². The summed E-state index contributed by atoms with van der Waals surface area (Å²) < 4.78 is 3.39. The summed E-state index contributed by atoms with van der Waals surface area (Å²) >= 11 is 0. The SMILES string of the molecule is CC(C)c1ccc(-n2ccc3c(cnc4nc(C5CCCCC5)nn43)c2=O)cc1. The summed E-state index contributed by atoms with van der Waals surface area (Å²) in [6, 6.07) is 10.1. The Morgan fingerprint density at radius 1 is 1.03 bits per heavy atom. The average molecular weight is 387 g/mol. The third-order valence-corrected chi connectivity index (χ3v) is 6.06. The van der Waals surface area contributed by atoms with Crippen molar-refractivity contribution in [1.82, 2.24) is 24.1 Å². The molecule has 29 heavy (non-hydrogen) atoms. The van der Waals surface area contributed by atoms with Gasteiger partial charge < -0.3 is 0 Å². The van der Waals surface area contributed by atoms with Crippen LogP contribution in [0.25, 0.3) is 22.4 Å². The topological polar surface area (TPSA) is 65.1 Å². The molecule has 0 N–H and O–H groups in total. The van der Waals surface area contributed by atoms with Gasteiger partial charge in [-0.25, -0.2) is 4.98 Å². The van der Waals surface area contributed by atoms with Crippen molar-refractivity contribution in [3.63, 3.8) is 0 Å². The van der Waals surface area contributed by atoms with Gasteiger partial charge in [-0.15, -0.1) is 5.10 Å². The Bertz CT molecular complexity index is 1230. The first-order chi connectivity index (χ1) is 14.1. The number of pyridine rings is 1. The van der Waals surface area contributed by atoms with Crippen LogP contribution in [-0.2, 0) is 0 Å². The molecule has 0 amide bonds. The van der Waals surface area contributed by atoms with Gasteiger partial charge in [-0.1, -0.05) is 45.2 Å². The minimum absolute atomic E-state index is 0.0936. The fraction of sp³-hybridized carbons (Fsp3) is 0.391. The first-order valence-corrected chi connectivity index (χ1v) is 10.5. The largest absolute Gasteiger partial charge is 0.284 e. The zero-order valence-corrected chi connectivity index (χ0v) is 16.9. The molecule has 4 aromatic rings. The summed E-state index contributed by atoms with van der Waals surface area (Å²) in [6.07, 6.45) is 9.47. The predicted octanol–water partition coefficient (Wildman–Crippen LogP) is 4.60. The van der Waals surface area contributed by atoms with Gasteiger partial charge in [0.05, 0.1) is 10.9 Å². The van der Waals surface area contributed by atoms with Crippen LogP contribution >= 0.6 is 0 Å². The Labute approximate surface area is 169 Å². The first kappa shape index (κ1) is 18.0. The summed E-state index contributed by atoms with van der Waals surface area (Å²) in [5.74, 6) is 2.29. The highest BCUT2D eigenvalue weighted by atomic mass is 16.1. The molecular weight excluding hydrogens is 362 g/mol. The van der Waals surface area contributed by atoms with Crippen LogP contribution in [0, 0.1) is 0 Å². The van der Waals surface area contributed by atoms with Gasteiger partial charge in [0, 0.05) is 24.0 Å². The highest BCUT2D eigenvalue weighted by molar-refractivity contribution is 5.79. The van der Waals surface area contributed by atoms with Crippen LogP contribution in [0.4, 0.5) is 0 Å². The van der Waals surface area contributed by atoms with Gasteiger partial charge in [0.2, 0.25) is 0 Å². The van der Waals surface area contributed by atoms with E-state index in [-0.39, 0.29) is 5.56 Å². The van der Waals surface area contributed by atoms with Gasteiger partial charge >= 0.3 is 0 Å². The van der Waals surface area contributed by atoms with Crippen molar-refractivity contribution in [3.8, 4) is 5.69 Å². The zero-order chi connectivity index (χ0) is 20.0. The van der Waals surface area contributed by atoms with E-state index in [2.05, 4.69) is 35.9 Å². The molecule has 6 nitrogen and oxygen atoms in total. The number of nitrogens with zero attached hydrogens (tertiary/aromatic N) is 5. The summed E-state index contributed by atoms with van der Waals surface area (Å²) in [6.45, 7) is 4.32. The Hall–Kier alpha value is -3.02. The van der Waals surface area contributed by atoms with Crippen LogP contribution in [0.15, 0.2) is 47.5 Å². The van der Waals surface area contributed by atoms with Crippen molar-refractivity contribution in [2.75, 3.05) is 0 Å². The fourth-order valence-corrected chi connectivity index (χ4v) is 4.29. The lowest BCUT2D eigenvalue weighted by Crippen LogP contribution is -2.19. The molecule has 6 heteroatoms. The van der Waals surface area contributed by atoms with E-state index in [4.69, 9.17) is 5.10 Å². The van der Waals surface area contributed by atoms with Crippen molar-refractivity contribution in [3.05, 3.63) is 64.5 Å². The van der Waals surface area contributed by atoms with Crippen LogP contribution in [0.3, 0.4) is 0 Å². The molecule has 0 spiro atoms. The fourth-order valence-electron chi connectivity index (χ4n) is 4.29. The van der Waals surface area contributed by atoms with E-state index in [1.54, 1.807) is 15.3 Å². The molecule has 1 aliphatic carbocycles. The Kier molecular flexibility index (Phi) is 4.42. The number of rotatable bonds is 3. The zero-order valence-electron chi connectivity index (χ0n) is 16.9. The van der Waals surface area contributed by atoms with E-state index in [1.807, 2.05) is 24.4 Å². The minimum Gasteiger partial charge on any atom is -0.284 e. The van der Waals surface area contributed by atoms with Crippen molar-refractivity contribution in [2.45, 2.75) is 57.8 Å². The normalized spacial score (nSPS) is 15.6. The van der Waals surface area contributed by atoms with Crippen molar-refractivity contribution >= 4 is 16.7 Å². The highest BCUT2D eigenvalue weighted by Gasteiger charge is 2.21. The van der Waals surface area contributed by atoms with Gasteiger partial charge in [-0.3, -0.25) is 9.36 Å². The molecule has 0 radical (unpaired) electrons. The van der Waals surface area contributed by atoms with Gasteiger partial charge in [0.25, 0.3) is 11.3 Å². The van der Waals surface area contributed by atoms with Crippen LogP contribution < -0.4 is 5.56 Å².